The molecule has 0 aromatic rings. The maximum Gasteiger partial charge on any atom is 0.220 e. The van der Waals surface area contributed by atoms with E-state index in [1.54, 1.807) is 0 Å². The number of aliphatic hydroxyl groups is 1. The fourth-order valence-electron chi connectivity index (χ4n) is 2.27. The lowest BCUT2D eigenvalue weighted by Gasteiger charge is -2.23. The second-order valence-electron chi connectivity index (χ2n) is 7.16. The summed E-state index contributed by atoms with van der Waals surface area (Å²) in [6, 6.07) is 0. The smallest absolute Gasteiger partial charge is 0.220 e. The SMILES string of the molecule is CC(C)C[C@H](CN)CC(=O)NCC(O)CC(C)(C)C. The number of nitrogens with two attached hydrogens (primary N) is 1. The Balaban J connectivity index is 3.97. The van der Waals surface area contributed by atoms with Crippen LogP contribution in [0.1, 0.15) is 53.9 Å². The summed E-state index contributed by atoms with van der Waals surface area (Å²) in [5.74, 6) is 0.775. The number of carbonyl (C=O) groups excluding carboxylic acids is 1. The van der Waals surface area contributed by atoms with Gasteiger partial charge < -0.3 is 16.2 Å². The van der Waals surface area contributed by atoms with E-state index in [0.29, 0.717) is 31.8 Å². The zero-order valence-electron chi connectivity index (χ0n) is 13.2. The van der Waals surface area contributed by atoms with Crippen LogP contribution in [0.15, 0.2) is 0 Å². The van der Waals surface area contributed by atoms with Crippen molar-refractivity contribution in [3.8, 4) is 0 Å². The van der Waals surface area contributed by atoms with Crippen LogP contribution < -0.4 is 11.1 Å². The summed E-state index contributed by atoms with van der Waals surface area (Å²) >= 11 is 0. The maximum atomic E-state index is 11.8. The van der Waals surface area contributed by atoms with Gasteiger partial charge in [0.1, 0.15) is 0 Å². The molecule has 1 unspecified atom stereocenters. The Kier molecular flexibility index (Phi) is 8.26. The minimum atomic E-state index is -0.481. The fraction of sp³-hybridized carbons (Fsp3) is 0.933. The topological polar surface area (TPSA) is 75.4 Å². The standard InChI is InChI=1S/C15H32N2O2/c1-11(2)6-12(9-16)7-14(19)17-10-13(18)8-15(3,4)5/h11-13,18H,6-10,16H2,1-5H3,(H,17,19)/t12-,13?/m0/s1. The second kappa shape index (κ2) is 8.54. The molecule has 0 aliphatic heterocycles. The molecule has 0 radical (unpaired) electrons. The van der Waals surface area contributed by atoms with Gasteiger partial charge in [-0.1, -0.05) is 34.6 Å². The van der Waals surface area contributed by atoms with Crippen LogP contribution in [0.5, 0.6) is 0 Å². The van der Waals surface area contributed by atoms with Crippen molar-refractivity contribution in [2.75, 3.05) is 13.1 Å². The van der Waals surface area contributed by atoms with Gasteiger partial charge in [-0.3, -0.25) is 4.79 Å². The highest BCUT2D eigenvalue weighted by molar-refractivity contribution is 5.76. The lowest BCUT2D eigenvalue weighted by Crippen LogP contribution is -2.35. The van der Waals surface area contributed by atoms with Gasteiger partial charge in [0.15, 0.2) is 0 Å². The third-order valence-corrected chi connectivity index (χ3v) is 2.99. The highest BCUT2D eigenvalue weighted by Crippen LogP contribution is 2.20. The normalized spacial score (nSPS) is 15.4. The van der Waals surface area contributed by atoms with E-state index in [0.717, 1.165) is 6.42 Å². The molecule has 4 nitrogen and oxygen atoms in total. The van der Waals surface area contributed by atoms with Crippen molar-refractivity contribution in [1.82, 2.24) is 5.32 Å². The number of aliphatic hydroxyl groups excluding tert-OH is 1. The first-order valence-electron chi connectivity index (χ1n) is 7.29. The molecule has 0 aromatic heterocycles. The molecule has 1 amide bonds. The van der Waals surface area contributed by atoms with Crippen molar-refractivity contribution < 1.29 is 9.90 Å². The van der Waals surface area contributed by atoms with Crippen LogP contribution in [0.2, 0.25) is 0 Å². The van der Waals surface area contributed by atoms with E-state index in [4.69, 9.17) is 5.73 Å². The van der Waals surface area contributed by atoms with Crippen molar-refractivity contribution in [2.45, 2.75) is 60.0 Å². The molecule has 4 N–H and O–H groups in total. The van der Waals surface area contributed by atoms with E-state index in [-0.39, 0.29) is 17.2 Å². The summed E-state index contributed by atoms with van der Waals surface area (Å²) in [4.78, 5) is 11.8. The van der Waals surface area contributed by atoms with E-state index >= 15 is 0 Å². The van der Waals surface area contributed by atoms with Gasteiger partial charge in [-0.15, -0.1) is 0 Å². The van der Waals surface area contributed by atoms with Crippen LogP contribution >= 0.6 is 0 Å². The summed E-state index contributed by atoms with van der Waals surface area (Å²) in [5.41, 5.74) is 5.75. The van der Waals surface area contributed by atoms with Gasteiger partial charge in [-0.05, 0) is 36.6 Å². The van der Waals surface area contributed by atoms with Gasteiger partial charge in [-0.25, -0.2) is 0 Å². The lowest BCUT2D eigenvalue weighted by molar-refractivity contribution is -0.122. The molecule has 0 saturated carbocycles. The van der Waals surface area contributed by atoms with Crippen LogP contribution in [-0.4, -0.2) is 30.2 Å². The van der Waals surface area contributed by atoms with Gasteiger partial charge in [0, 0.05) is 13.0 Å². The highest BCUT2D eigenvalue weighted by atomic mass is 16.3. The van der Waals surface area contributed by atoms with Crippen molar-refractivity contribution >= 4 is 5.91 Å². The minimum Gasteiger partial charge on any atom is -0.391 e. The largest absolute Gasteiger partial charge is 0.391 e. The second-order valence-corrected chi connectivity index (χ2v) is 7.16. The van der Waals surface area contributed by atoms with Crippen molar-refractivity contribution in [1.29, 1.82) is 0 Å². The Bertz CT molecular complexity index is 259. The Morgan fingerprint density at radius 2 is 1.89 bits per heavy atom. The van der Waals surface area contributed by atoms with Gasteiger partial charge in [0.2, 0.25) is 5.91 Å². The third-order valence-electron chi connectivity index (χ3n) is 2.99. The minimum absolute atomic E-state index is 0.0101. The van der Waals surface area contributed by atoms with Gasteiger partial charge in [0.25, 0.3) is 0 Å². The van der Waals surface area contributed by atoms with E-state index < -0.39 is 6.10 Å². The van der Waals surface area contributed by atoms with E-state index in [2.05, 4.69) is 39.9 Å². The number of amides is 1. The van der Waals surface area contributed by atoms with Gasteiger partial charge >= 0.3 is 0 Å². The Morgan fingerprint density at radius 1 is 1.32 bits per heavy atom. The van der Waals surface area contributed by atoms with Crippen LogP contribution in [-0.2, 0) is 4.79 Å². The number of nitrogens with one attached hydrogen (secondary N) is 1. The van der Waals surface area contributed by atoms with E-state index in [9.17, 15) is 9.90 Å². The van der Waals surface area contributed by atoms with Crippen molar-refractivity contribution in [2.24, 2.45) is 23.0 Å². The predicted octanol–water partition coefficient (Wildman–Crippen LogP) is 1.91. The Labute approximate surface area is 118 Å². The highest BCUT2D eigenvalue weighted by Gasteiger charge is 2.18. The summed E-state index contributed by atoms with van der Waals surface area (Å²) in [7, 11) is 0. The van der Waals surface area contributed by atoms with Crippen molar-refractivity contribution in [3.63, 3.8) is 0 Å². The van der Waals surface area contributed by atoms with Gasteiger partial charge in [0.05, 0.1) is 6.10 Å². The maximum absolute atomic E-state index is 11.8. The predicted molar refractivity (Wildman–Crippen MR) is 79.7 cm³/mol. The average Bonchev–Trinajstić information content (AvgIpc) is 2.22. The molecule has 0 heterocycles. The van der Waals surface area contributed by atoms with Crippen LogP contribution in [0.3, 0.4) is 0 Å². The number of rotatable bonds is 8. The molecule has 19 heavy (non-hydrogen) atoms. The zero-order valence-corrected chi connectivity index (χ0v) is 13.2. The number of carbonyl (C=O) groups is 1. The summed E-state index contributed by atoms with van der Waals surface area (Å²) in [6.07, 6.45) is 1.62. The van der Waals surface area contributed by atoms with E-state index in [1.165, 1.54) is 0 Å². The summed E-state index contributed by atoms with van der Waals surface area (Å²) in [6.45, 7) is 11.4. The Hall–Kier alpha value is -0.610. The third kappa shape index (κ3) is 11.0. The van der Waals surface area contributed by atoms with Crippen LogP contribution in [0.4, 0.5) is 0 Å². The number of hydrogen-bond acceptors (Lipinski definition) is 3. The molecular weight excluding hydrogens is 240 g/mol. The lowest BCUT2D eigenvalue weighted by atomic mass is 9.89. The molecule has 0 fully saturated rings. The summed E-state index contributed by atoms with van der Waals surface area (Å²) < 4.78 is 0. The quantitative estimate of drug-likeness (QED) is 0.632. The van der Waals surface area contributed by atoms with Gasteiger partial charge in [-0.2, -0.15) is 0 Å². The fourth-order valence-corrected chi connectivity index (χ4v) is 2.27. The van der Waals surface area contributed by atoms with Crippen molar-refractivity contribution in [3.05, 3.63) is 0 Å². The molecule has 0 aromatic carbocycles. The molecule has 0 rings (SSSR count). The zero-order chi connectivity index (χ0) is 15.1. The molecule has 114 valence electrons. The molecule has 4 heteroatoms. The molecule has 0 aliphatic rings. The molecule has 2 atom stereocenters. The molecule has 0 aliphatic carbocycles. The first-order valence-corrected chi connectivity index (χ1v) is 7.29. The van der Waals surface area contributed by atoms with Crippen LogP contribution in [0, 0.1) is 17.3 Å². The molecule has 0 saturated heterocycles. The summed E-state index contributed by atoms with van der Waals surface area (Å²) in [5, 5.41) is 12.6. The molecule has 0 spiro atoms. The van der Waals surface area contributed by atoms with Crippen LogP contribution in [0.25, 0.3) is 0 Å². The first kappa shape index (κ1) is 18.4. The molecular formula is C15H32N2O2. The number of hydrogen-bond donors (Lipinski definition) is 3. The van der Waals surface area contributed by atoms with E-state index in [1.807, 2.05) is 0 Å². The molecule has 0 bridgehead atoms. The monoisotopic (exact) mass is 272 g/mol. The first-order chi connectivity index (χ1) is 8.64. The average molecular weight is 272 g/mol. The Morgan fingerprint density at radius 3 is 2.32 bits per heavy atom.